The smallest absolute Gasteiger partial charge is 0.338 e. The van der Waals surface area contributed by atoms with E-state index in [1.54, 1.807) is 31.4 Å². The van der Waals surface area contributed by atoms with E-state index in [1.165, 1.54) is 0 Å². The molecule has 5 heteroatoms. The summed E-state index contributed by atoms with van der Waals surface area (Å²) in [6.45, 7) is 0.236. The van der Waals surface area contributed by atoms with E-state index in [9.17, 15) is 15.0 Å². The third-order valence-corrected chi connectivity index (χ3v) is 4.27. The van der Waals surface area contributed by atoms with Crippen molar-refractivity contribution >= 4 is 5.97 Å². The summed E-state index contributed by atoms with van der Waals surface area (Å²) in [6.07, 6.45) is 3.45. The highest BCUT2D eigenvalue weighted by molar-refractivity contribution is 5.89. The summed E-state index contributed by atoms with van der Waals surface area (Å²) < 4.78 is 10.2. The fourth-order valence-electron chi connectivity index (χ4n) is 2.85. The second-order valence-electron chi connectivity index (χ2n) is 5.83. The van der Waals surface area contributed by atoms with Gasteiger partial charge in [0.05, 0.1) is 31.0 Å². The Labute approximate surface area is 130 Å². The molecule has 1 saturated carbocycles. The van der Waals surface area contributed by atoms with Crippen LogP contribution in [0.25, 0.3) is 0 Å². The van der Waals surface area contributed by atoms with Crippen molar-refractivity contribution in [2.75, 3.05) is 13.7 Å². The van der Waals surface area contributed by atoms with Crippen LogP contribution >= 0.6 is 0 Å². The van der Waals surface area contributed by atoms with Crippen molar-refractivity contribution in [3.05, 3.63) is 29.8 Å². The van der Waals surface area contributed by atoms with Crippen LogP contribution in [0.5, 0.6) is 5.75 Å². The minimum absolute atomic E-state index is 0.236. The van der Waals surface area contributed by atoms with Gasteiger partial charge in [-0.3, -0.25) is 0 Å². The molecule has 2 N–H and O–H groups in total. The van der Waals surface area contributed by atoms with Crippen molar-refractivity contribution in [3.63, 3.8) is 0 Å². The molecule has 5 nitrogen and oxygen atoms in total. The SMILES string of the molecule is COc1ccc(C(=O)OCCC[C@]2(O)CCCC[C@H]2O)cc1. The summed E-state index contributed by atoms with van der Waals surface area (Å²) in [7, 11) is 1.57. The number of rotatable bonds is 6. The van der Waals surface area contributed by atoms with Gasteiger partial charge >= 0.3 is 5.97 Å². The number of hydrogen-bond acceptors (Lipinski definition) is 5. The third kappa shape index (κ3) is 4.21. The Bertz CT molecular complexity index is 484. The van der Waals surface area contributed by atoms with E-state index in [0.717, 1.165) is 12.8 Å². The van der Waals surface area contributed by atoms with Gasteiger partial charge in [-0.1, -0.05) is 12.8 Å². The highest BCUT2D eigenvalue weighted by Crippen LogP contribution is 2.32. The molecule has 0 aliphatic heterocycles. The molecule has 1 aromatic carbocycles. The van der Waals surface area contributed by atoms with E-state index in [1.807, 2.05) is 0 Å². The summed E-state index contributed by atoms with van der Waals surface area (Å²) in [5.41, 5.74) is -0.553. The van der Waals surface area contributed by atoms with Crippen molar-refractivity contribution in [3.8, 4) is 5.75 Å². The van der Waals surface area contributed by atoms with Gasteiger partial charge in [0.1, 0.15) is 5.75 Å². The Balaban J connectivity index is 1.74. The Kier molecular flexibility index (Phi) is 5.80. The molecule has 0 radical (unpaired) electrons. The second kappa shape index (κ2) is 7.61. The molecule has 1 aliphatic rings. The van der Waals surface area contributed by atoms with Gasteiger partial charge in [0.25, 0.3) is 0 Å². The minimum atomic E-state index is -1.02. The molecule has 0 bridgehead atoms. The molecule has 1 aliphatic carbocycles. The molecule has 2 rings (SSSR count). The molecule has 1 fully saturated rings. The van der Waals surface area contributed by atoms with E-state index in [2.05, 4.69) is 0 Å². The van der Waals surface area contributed by atoms with Gasteiger partial charge in [0.15, 0.2) is 0 Å². The molecule has 0 aromatic heterocycles. The lowest BCUT2D eigenvalue weighted by Crippen LogP contribution is -2.44. The zero-order chi connectivity index (χ0) is 16.0. The Hall–Kier alpha value is -1.59. The summed E-state index contributed by atoms with van der Waals surface area (Å²) in [4.78, 5) is 11.9. The van der Waals surface area contributed by atoms with Crippen molar-refractivity contribution in [1.82, 2.24) is 0 Å². The normalized spacial score (nSPS) is 24.8. The van der Waals surface area contributed by atoms with E-state index in [-0.39, 0.29) is 12.6 Å². The zero-order valence-electron chi connectivity index (χ0n) is 13.0. The molecule has 1 aromatic rings. The largest absolute Gasteiger partial charge is 0.497 e. The first kappa shape index (κ1) is 16.8. The molecule has 0 unspecified atom stereocenters. The van der Waals surface area contributed by atoms with Gasteiger partial charge in [0, 0.05) is 0 Å². The molecule has 22 heavy (non-hydrogen) atoms. The highest BCUT2D eigenvalue weighted by Gasteiger charge is 2.37. The maximum Gasteiger partial charge on any atom is 0.338 e. The molecule has 122 valence electrons. The predicted octanol–water partition coefficient (Wildman–Crippen LogP) is 2.30. The summed E-state index contributed by atoms with van der Waals surface area (Å²) in [6, 6.07) is 6.72. The lowest BCUT2D eigenvalue weighted by Gasteiger charge is -2.36. The summed E-state index contributed by atoms with van der Waals surface area (Å²) in [5.74, 6) is 0.295. The maximum atomic E-state index is 11.9. The van der Waals surface area contributed by atoms with E-state index in [4.69, 9.17) is 9.47 Å². The standard InChI is InChI=1S/C17H24O5/c1-21-14-8-6-13(7-9-14)16(19)22-12-4-11-17(20)10-3-2-5-15(17)18/h6-9,15,18,20H,2-5,10-12H2,1H3/t15-,17-/m1/s1. The number of methoxy groups -OCH3 is 1. The number of benzene rings is 1. The highest BCUT2D eigenvalue weighted by atomic mass is 16.5. The zero-order valence-corrected chi connectivity index (χ0v) is 13.0. The van der Waals surface area contributed by atoms with Gasteiger partial charge < -0.3 is 19.7 Å². The summed E-state index contributed by atoms with van der Waals surface area (Å²) >= 11 is 0. The van der Waals surface area contributed by atoms with E-state index >= 15 is 0 Å². The number of aliphatic hydroxyl groups is 2. The molecule has 0 saturated heterocycles. The lowest BCUT2D eigenvalue weighted by atomic mass is 9.79. The second-order valence-corrected chi connectivity index (χ2v) is 5.83. The van der Waals surface area contributed by atoms with Crippen LogP contribution in [0.2, 0.25) is 0 Å². The van der Waals surface area contributed by atoms with Gasteiger partial charge in [-0.2, -0.15) is 0 Å². The Morgan fingerprint density at radius 3 is 2.68 bits per heavy atom. The fourth-order valence-corrected chi connectivity index (χ4v) is 2.85. The van der Waals surface area contributed by atoms with Crippen LogP contribution in [0.4, 0.5) is 0 Å². The van der Waals surface area contributed by atoms with Crippen LogP contribution in [-0.2, 0) is 4.74 Å². The topological polar surface area (TPSA) is 76.0 Å². The average Bonchev–Trinajstić information content (AvgIpc) is 2.54. The van der Waals surface area contributed by atoms with Crippen LogP contribution in [-0.4, -0.2) is 41.6 Å². The van der Waals surface area contributed by atoms with Crippen molar-refractivity contribution in [2.45, 2.75) is 50.2 Å². The van der Waals surface area contributed by atoms with Gasteiger partial charge in [0.2, 0.25) is 0 Å². The molecule has 2 atom stereocenters. The van der Waals surface area contributed by atoms with Crippen LogP contribution in [0, 0.1) is 0 Å². The fraction of sp³-hybridized carbons (Fsp3) is 0.588. The third-order valence-electron chi connectivity index (χ3n) is 4.27. The minimum Gasteiger partial charge on any atom is -0.497 e. The van der Waals surface area contributed by atoms with Gasteiger partial charge in [-0.25, -0.2) is 4.79 Å². The number of aliphatic hydroxyl groups excluding tert-OH is 1. The molecular formula is C17H24O5. The van der Waals surface area contributed by atoms with Crippen LogP contribution < -0.4 is 4.74 Å². The monoisotopic (exact) mass is 308 g/mol. The summed E-state index contributed by atoms with van der Waals surface area (Å²) in [5, 5.41) is 20.3. The number of esters is 1. The predicted molar refractivity (Wildman–Crippen MR) is 81.9 cm³/mol. The van der Waals surface area contributed by atoms with Crippen molar-refractivity contribution in [1.29, 1.82) is 0 Å². The van der Waals surface area contributed by atoms with E-state index < -0.39 is 11.7 Å². The molecule has 0 amide bonds. The first-order valence-electron chi connectivity index (χ1n) is 7.77. The van der Waals surface area contributed by atoms with Crippen LogP contribution in [0.15, 0.2) is 24.3 Å². The molecule has 0 spiro atoms. The van der Waals surface area contributed by atoms with Crippen LogP contribution in [0.1, 0.15) is 48.9 Å². The van der Waals surface area contributed by atoms with Crippen LogP contribution in [0.3, 0.4) is 0 Å². The first-order valence-corrected chi connectivity index (χ1v) is 7.77. The Morgan fingerprint density at radius 2 is 2.05 bits per heavy atom. The molecular weight excluding hydrogens is 284 g/mol. The lowest BCUT2D eigenvalue weighted by molar-refractivity contribution is -0.107. The number of hydrogen-bond donors (Lipinski definition) is 2. The quantitative estimate of drug-likeness (QED) is 0.623. The average molecular weight is 308 g/mol. The first-order chi connectivity index (χ1) is 10.5. The maximum absolute atomic E-state index is 11.9. The Morgan fingerprint density at radius 1 is 1.32 bits per heavy atom. The number of carbonyl (C=O) groups excluding carboxylic acids is 1. The van der Waals surface area contributed by atoms with Crippen molar-refractivity contribution < 1.29 is 24.5 Å². The van der Waals surface area contributed by atoms with Crippen molar-refractivity contribution in [2.24, 2.45) is 0 Å². The van der Waals surface area contributed by atoms with E-state index in [0.29, 0.717) is 37.0 Å². The number of ether oxygens (including phenoxy) is 2. The molecule has 0 heterocycles. The van der Waals surface area contributed by atoms with Gasteiger partial charge in [-0.15, -0.1) is 0 Å². The van der Waals surface area contributed by atoms with Gasteiger partial charge in [-0.05, 0) is 49.9 Å². The number of carbonyl (C=O) groups is 1.